The van der Waals surface area contributed by atoms with Gasteiger partial charge in [0, 0.05) is 0 Å². The standard InChI is InChI=1S/C37H34Cl2F4N2OS2.C2H6.Ru/c1-8-13-23(10-3)22(5)32(21(4)9-2)46-36(48-34-25(39)19-18-24(38)33(34)47)35-44(30-26(40)14-11-15-27(30)41)20-37(6,7)45(35)31-28(42)16-12-17-29(31)43;1-2;/h4,8-9,11-19,35-36,47H,1-2,5,10,20H2,3,6-7H3;1-2H3;/q;;+1/p-1/b23-13+,32-21+;;/t35-,36+;;/m0../s1. The minimum Gasteiger partial charge on any atom is -0.0683 e. The molecule has 1 saturated heterocycles. The SMILES string of the molecule is C=C/C=C(\CC)C(=C)/C(O[C@H](Sc1c(Cl)ccc(Cl)c1[S-])[C@H]1N(c2c(F)cccc2F)CC(C)(C)N1c1c(F)cccc1F)=C(\C=C)[CH]=[Ru+].CC. The molecule has 1 aliphatic rings. The molecule has 0 amide bonds. The second-order valence-electron chi connectivity index (χ2n) is 11.5. The third-order valence-corrected chi connectivity index (χ3v) is 11.1. The number of nitrogens with zero attached hydrogens (tertiary/aromatic N) is 2. The van der Waals surface area contributed by atoms with E-state index in [-0.39, 0.29) is 27.2 Å². The molecule has 0 unspecified atom stereocenters. The fourth-order valence-electron chi connectivity index (χ4n) is 5.70. The molecule has 1 fully saturated rings. The number of thioether (sulfide) groups is 1. The summed E-state index contributed by atoms with van der Waals surface area (Å²) in [6.45, 7) is 21.4. The van der Waals surface area contributed by atoms with E-state index in [0.717, 1.165) is 41.6 Å². The topological polar surface area (TPSA) is 15.7 Å². The van der Waals surface area contributed by atoms with E-state index in [1.165, 1.54) is 21.9 Å². The number of ether oxygens (including phenoxy) is 1. The Morgan fingerprint density at radius 2 is 1.53 bits per heavy atom. The van der Waals surface area contributed by atoms with Gasteiger partial charge >= 0.3 is 316 Å². The molecule has 0 aromatic heterocycles. The molecule has 0 bridgehead atoms. The summed E-state index contributed by atoms with van der Waals surface area (Å²) >= 11 is 22.2. The molecular weight excluding hydrogens is 825 g/mol. The van der Waals surface area contributed by atoms with Gasteiger partial charge in [0.1, 0.15) is 0 Å². The molecule has 3 nitrogen and oxygen atoms in total. The number of hydrogen-bond donors (Lipinski definition) is 0. The van der Waals surface area contributed by atoms with Crippen LogP contribution in [0.2, 0.25) is 10.0 Å². The first-order valence-electron chi connectivity index (χ1n) is 15.9. The van der Waals surface area contributed by atoms with Gasteiger partial charge in [-0.3, -0.25) is 0 Å². The zero-order valence-corrected chi connectivity index (χ0v) is 33.7. The van der Waals surface area contributed by atoms with Gasteiger partial charge in [-0.1, -0.05) is 13.8 Å². The molecule has 12 heteroatoms. The third-order valence-electron chi connectivity index (χ3n) is 7.88. The number of para-hydroxylation sites is 2. The first-order chi connectivity index (χ1) is 24.2. The van der Waals surface area contributed by atoms with E-state index in [9.17, 15) is 0 Å². The molecule has 1 aliphatic heterocycles. The van der Waals surface area contributed by atoms with Crippen molar-refractivity contribution in [2.75, 3.05) is 16.3 Å². The Balaban J connectivity index is 0.00000345. The number of rotatable bonds is 13. The van der Waals surface area contributed by atoms with Crippen molar-refractivity contribution in [1.29, 1.82) is 0 Å². The van der Waals surface area contributed by atoms with Crippen LogP contribution in [0.25, 0.3) is 0 Å². The molecule has 4 rings (SSSR count). The fraction of sp³-hybridized carbons (Fsp3) is 0.256. The molecule has 51 heavy (non-hydrogen) atoms. The predicted molar refractivity (Wildman–Crippen MR) is 206 cm³/mol. The van der Waals surface area contributed by atoms with Crippen LogP contribution < -0.4 is 9.80 Å². The van der Waals surface area contributed by atoms with Crippen molar-refractivity contribution in [2.24, 2.45) is 0 Å². The van der Waals surface area contributed by atoms with Crippen LogP contribution in [0.4, 0.5) is 28.9 Å². The Labute approximate surface area is 328 Å². The van der Waals surface area contributed by atoms with E-state index in [2.05, 4.69) is 37.6 Å². The van der Waals surface area contributed by atoms with Gasteiger partial charge < -0.3 is 0 Å². The minimum absolute atomic E-state index is 0.0744. The Bertz CT molecular complexity index is 1820. The predicted octanol–water partition coefficient (Wildman–Crippen LogP) is 11.9. The van der Waals surface area contributed by atoms with Crippen molar-refractivity contribution in [3.8, 4) is 0 Å². The summed E-state index contributed by atoms with van der Waals surface area (Å²) < 4.78 is 71.8. The summed E-state index contributed by atoms with van der Waals surface area (Å²) in [5, 5.41) is 0.458. The van der Waals surface area contributed by atoms with Crippen LogP contribution in [0.1, 0.15) is 41.0 Å². The number of allylic oxidation sites excluding steroid dienone is 5. The van der Waals surface area contributed by atoms with Gasteiger partial charge in [0.05, 0.1) is 0 Å². The van der Waals surface area contributed by atoms with Crippen LogP contribution in [0.15, 0.2) is 119 Å². The maximum absolute atomic E-state index is 15.8. The van der Waals surface area contributed by atoms with E-state index >= 15 is 17.6 Å². The zero-order chi connectivity index (χ0) is 38.2. The average molecular weight is 864 g/mol. The first-order valence-corrected chi connectivity index (χ1v) is 19.0. The Morgan fingerprint density at radius 1 is 1.00 bits per heavy atom. The van der Waals surface area contributed by atoms with E-state index in [1.54, 1.807) is 48.8 Å². The van der Waals surface area contributed by atoms with Crippen LogP contribution in [0.3, 0.4) is 0 Å². The van der Waals surface area contributed by atoms with Crippen molar-refractivity contribution < 1.29 is 40.1 Å². The van der Waals surface area contributed by atoms with Crippen molar-refractivity contribution in [1.82, 2.24) is 0 Å². The van der Waals surface area contributed by atoms with Gasteiger partial charge in [0.15, 0.2) is 0 Å². The van der Waals surface area contributed by atoms with Crippen molar-refractivity contribution in [2.45, 2.75) is 68.0 Å². The molecule has 3 aromatic rings. The maximum atomic E-state index is 15.8. The van der Waals surface area contributed by atoms with Crippen LogP contribution in [-0.4, -0.2) is 28.3 Å². The molecule has 0 saturated carbocycles. The average Bonchev–Trinajstić information content (AvgIpc) is 3.36. The summed E-state index contributed by atoms with van der Waals surface area (Å²) in [5.74, 6) is -3.26. The molecule has 0 radical (unpaired) electrons. The van der Waals surface area contributed by atoms with E-state index in [1.807, 2.05) is 20.8 Å². The van der Waals surface area contributed by atoms with Gasteiger partial charge in [0.25, 0.3) is 0 Å². The van der Waals surface area contributed by atoms with Crippen molar-refractivity contribution >= 4 is 63.6 Å². The molecule has 3 aromatic carbocycles. The fourth-order valence-corrected chi connectivity index (χ4v) is 8.18. The Hall–Kier alpha value is -2.88. The number of benzene rings is 3. The first kappa shape index (κ1) is 42.5. The zero-order valence-electron chi connectivity index (χ0n) is 28.9. The van der Waals surface area contributed by atoms with Gasteiger partial charge in [-0.25, -0.2) is 0 Å². The second kappa shape index (κ2) is 18.7. The molecule has 273 valence electrons. The summed E-state index contributed by atoms with van der Waals surface area (Å²) in [6.07, 6.45) is 4.21. The van der Waals surface area contributed by atoms with Gasteiger partial charge in [-0.15, -0.1) is 0 Å². The van der Waals surface area contributed by atoms with Crippen LogP contribution >= 0.6 is 35.0 Å². The summed E-state index contributed by atoms with van der Waals surface area (Å²) in [4.78, 5) is 3.38. The number of hydrogen-bond acceptors (Lipinski definition) is 5. The summed E-state index contributed by atoms with van der Waals surface area (Å²) in [7, 11) is 0. The minimum atomic E-state index is -1.30. The molecule has 0 aliphatic carbocycles. The maximum Gasteiger partial charge on any atom is -0.0683 e. The normalized spacial score (nSPS) is 16.5. The second-order valence-corrected chi connectivity index (χ2v) is 14.3. The van der Waals surface area contributed by atoms with Crippen molar-refractivity contribution in [3.63, 3.8) is 0 Å². The van der Waals surface area contributed by atoms with Crippen LogP contribution in [0.5, 0.6) is 0 Å². The number of halogens is 6. The third kappa shape index (κ3) is 9.20. The smallest absolute Gasteiger partial charge is 0.0683 e. The molecule has 1 heterocycles. The molecule has 0 spiro atoms. The Kier molecular flexibility index (Phi) is 15.6. The largest absolute Gasteiger partial charge is 0.0683 e. The number of anilines is 2. The summed E-state index contributed by atoms with van der Waals surface area (Å²) in [6, 6.07) is 10.1. The van der Waals surface area contributed by atoms with Crippen LogP contribution in [0, 0.1) is 23.3 Å². The Morgan fingerprint density at radius 3 is 2.02 bits per heavy atom. The summed E-state index contributed by atoms with van der Waals surface area (Å²) in [5.41, 5.74) is -1.46. The van der Waals surface area contributed by atoms with E-state index < -0.39 is 51.8 Å². The molecule has 0 N–H and O–H groups in total. The quantitative estimate of drug-likeness (QED) is 0.0323. The van der Waals surface area contributed by atoms with Gasteiger partial charge in [0.2, 0.25) is 0 Å². The van der Waals surface area contributed by atoms with Gasteiger partial charge in [-0.2, -0.15) is 0 Å². The van der Waals surface area contributed by atoms with E-state index in [4.69, 9.17) is 40.6 Å². The monoisotopic (exact) mass is 863 g/mol. The van der Waals surface area contributed by atoms with Crippen LogP contribution in [-0.2, 0) is 35.2 Å². The van der Waals surface area contributed by atoms with Gasteiger partial charge in [-0.05, 0) is 0 Å². The molecule has 2 atom stereocenters. The van der Waals surface area contributed by atoms with Crippen molar-refractivity contribution in [3.05, 3.63) is 142 Å². The molecular formula is C39H39Cl2F4N2ORuS2. The van der Waals surface area contributed by atoms with E-state index in [0.29, 0.717) is 22.5 Å².